The number of anilines is 1. The largest absolute Gasteiger partial charge is 0.394 e. The van der Waals surface area contributed by atoms with E-state index in [0.29, 0.717) is 11.6 Å². The standard InChI is InChI=1S/C12H18N4O2/c1-8-14-11(13)10-4-6-16(12(10)15-8)5-3-9(7-17)18-2/h4,6,9,17H,3,5,7H2,1-2H3,(H2,13,14,15). The van der Waals surface area contributed by atoms with Crippen LogP contribution in [-0.4, -0.2) is 39.5 Å². The Labute approximate surface area is 105 Å². The predicted molar refractivity (Wildman–Crippen MR) is 69.2 cm³/mol. The van der Waals surface area contributed by atoms with E-state index in [4.69, 9.17) is 15.6 Å². The van der Waals surface area contributed by atoms with Crippen LogP contribution in [0.5, 0.6) is 0 Å². The van der Waals surface area contributed by atoms with Crippen LogP contribution in [0.2, 0.25) is 0 Å². The minimum Gasteiger partial charge on any atom is -0.394 e. The molecule has 0 aliphatic rings. The van der Waals surface area contributed by atoms with Gasteiger partial charge in [0.1, 0.15) is 17.3 Å². The molecule has 0 fully saturated rings. The molecule has 0 aromatic carbocycles. The summed E-state index contributed by atoms with van der Waals surface area (Å²) in [7, 11) is 1.60. The number of nitrogens with two attached hydrogens (primary N) is 1. The zero-order valence-electron chi connectivity index (χ0n) is 10.6. The maximum absolute atomic E-state index is 9.08. The van der Waals surface area contributed by atoms with Gasteiger partial charge in [0.05, 0.1) is 18.1 Å². The Bertz CT molecular complexity index is 534. The number of rotatable bonds is 5. The van der Waals surface area contributed by atoms with Gasteiger partial charge in [0, 0.05) is 19.9 Å². The molecule has 0 spiro atoms. The first-order chi connectivity index (χ1) is 8.65. The van der Waals surface area contributed by atoms with E-state index in [1.807, 2.05) is 23.8 Å². The maximum Gasteiger partial charge on any atom is 0.145 e. The van der Waals surface area contributed by atoms with Crippen LogP contribution in [0.3, 0.4) is 0 Å². The number of hydrogen-bond acceptors (Lipinski definition) is 5. The molecule has 2 rings (SSSR count). The fraction of sp³-hybridized carbons (Fsp3) is 0.500. The molecule has 0 bridgehead atoms. The molecule has 6 heteroatoms. The summed E-state index contributed by atoms with van der Waals surface area (Å²) in [4.78, 5) is 8.53. The van der Waals surface area contributed by atoms with Crippen molar-refractivity contribution in [2.24, 2.45) is 0 Å². The van der Waals surface area contributed by atoms with Gasteiger partial charge in [-0.1, -0.05) is 0 Å². The number of nitrogens with zero attached hydrogens (tertiary/aromatic N) is 3. The van der Waals surface area contributed by atoms with E-state index in [2.05, 4.69) is 9.97 Å². The van der Waals surface area contributed by atoms with Gasteiger partial charge in [-0.25, -0.2) is 9.97 Å². The molecular weight excluding hydrogens is 232 g/mol. The number of nitrogen functional groups attached to an aromatic ring is 1. The van der Waals surface area contributed by atoms with Crippen molar-refractivity contribution in [2.45, 2.75) is 26.0 Å². The summed E-state index contributed by atoms with van der Waals surface area (Å²) in [5.41, 5.74) is 6.68. The monoisotopic (exact) mass is 250 g/mol. The third-order valence-electron chi connectivity index (χ3n) is 2.99. The van der Waals surface area contributed by atoms with Crippen molar-refractivity contribution in [3.8, 4) is 0 Å². The minimum absolute atomic E-state index is 0.0197. The van der Waals surface area contributed by atoms with Gasteiger partial charge in [0.25, 0.3) is 0 Å². The number of ether oxygens (including phenoxy) is 1. The molecule has 18 heavy (non-hydrogen) atoms. The molecule has 98 valence electrons. The molecule has 0 amide bonds. The van der Waals surface area contributed by atoms with Crippen LogP contribution in [0, 0.1) is 6.92 Å². The lowest BCUT2D eigenvalue weighted by molar-refractivity contribution is 0.0405. The summed E-state index contributed by atoms with van der Waals surface area (Å²) in [6.45, 7) is 2.56. The third kappa shape index (κ3) is 2.44. The highest BCUT2D eigenvalue weighted by atomic mass is 16.5. The number of methoxy groups -OCH3 is 1. The second-order valence-corrected chi connectivity index (χ2v) is 4.23. The number of hydrogen-bond donors (Lipinski definition) is 2. The Balaban J connectivity index is 2.24. The maximum atomic E-state index is 9.08. The topological polar surface area (TPSA) is 86.2 Å². The molecule has 2 aromatic heterocycles. The van der Waals surface area contributed by atoms with Crippen LogP contribution in [0.1, 0.15) is 12.2 Å². The van der Waals surface area contributed by atoms with Crippen LogP contribution in [0.25, 0.3) is 11.0 Å². The van der Waals surface area contributed by atoms with Crippen molar-refractivity contribution < 1.29 is 9.84 Å². The fourth-order valence-corrected chi connectivity index (χ4v) is 1.95. The van der Waals surface area contributed by atoms with Gasteiger partial charge in [-0.3, -0.25) is 0 Å². The van der Waals surface area contributed by atoms with E-state index in [1.54, 1.807) is 7.11 Å². The van der Waals surface area contributed by atoms with Crippen LogP contribution < -0.4 is 5.73 Å². The average molecular weight is 250 g/mol. The van der Waals surface area contributed by atoms with Crippen molar-refractivity contribution in [3.63, 3.8) is 0 Å². The molecule has 1 atom stereocenters. The SMILES string of the molecule is COC(CO)CCn1ccc2c(N)nc(C)nc21. The van der Waals surface area contributed by atoms with Crippen molar-refractivity contribution in [1.82, 2.24) is 14.5 Å². The summed E-state index contributed by atoms with van der Waals surface area (Å²) in [5.74, 6) is 1.16. The van der Waals surface area contributed by atoms with Crippen LogP contribution in [0.4, 0.5) is 5.82 Å². The van der Waals surface area contributed by atoms with Gasteiger partial charge < -0.3 is 20.1 Å². The molecule has 0 saturated carbocycles. The second kappa shape index (κ2) is 5.32. The molecule has 6 nitrogen and oxygen atoms in total. The van der Waals surface area contributed by atoms with E-state index in [9.17, 15) is 0 Å². The van der Waals surface area contributed by atoms with Gasteiger partial charge >= 0.3 is 0 Å². The lowest BCUT2D eigenvalue weighted by Gasteiger charge is -2.13. The lowest BCUT2D eigenvalue weighted by Crippen LogP contribution is -2.18. The highest BCUT2D eigenvalue weighted by Crippen LogP contribution is 2.19. The van der Waals surface area contributed by atoms with Gasteiger partial charge in [0.15, 0.2) is 0 Å². The van der Waals surface area contributed by atoms with Crippen LogP contribution in [0.15, 0.2) is 12.3 Å². The van der Waals surface area contributed by atoms with Gasteiger partial charge in [-0.15, -0.1) is 0 Å². The Hall–Kier alpha value is -1.66. The van der Waals surface area contributed by atoms with Gasteiger partial charge in [0.2, 0.25) is 0 Å². The summed E-state index contributed by atoms with van der Waals surface area (Å²) in [5, 5.41) is 9.94. The van der Waals surface area contributed by atoms with Crippen molar-refractivity contribution >= 4 is 16.9 Å². The highest BCUT2D eigenvalue weighted by molar-refractivity contribution is 5.86. The quantitative estimate of drug-likeness (QED) is 0.816. The zero-order chi connectivity index (χ0) is 13.1. The molecule has 0 radical (unpaired) electrons. The summed E-state index contributed by atoms with van der Waals surface area (Å²) < 4.78 is 7.14. The normalized spacial score (nSPS) is 13.1. The summed E-state index contributed by atoms with van der Waals surface area (Å²) >= 11 is 0. The Kier molecular flexibility index (Phi) is 3.78. The number of aryl methyl sites for hydroxylation is 2. The third-order valence-corrected chi connectivity index (χ3v) is 2.99. The van der Waals surface area contributed by atoms with E-state index < -0.39 is 0 Å². The molecule has 1 unspecified atom stereocenters. The lowest BCUT2D eigenvalue weighted by atomic mass is 10.2. The molecule has 3 N–H and O–H groups in total. The van der Waals surface area contributed by atoms with Gasteiger partial charge in [-0.2, -0.15) is 0 Å². The Morgan fingerprint density at radius 2 is 2.28 bits per heavy atom. The van der Waals surface area contributed by atoms with Crippen molar-refractivity contribution in [3.05, 3.63) is 18.1 Å². The van der Waals surface area contributed by atoms with E-state index >= 15 is 0 Å². The van der Waals surface area contributed by atoms with E-state index in [-0.39, 0.29) is 12.7 Å². The average Bonchev–Trinajstić information content (AvgIpc) is 2.74. The first kappa shape index (κ1) is 12.8. The number of aliphatic hydroxyl groups excluding tert-OH is 1. The molecule has 2 aromatic rings. The first-order valence-corrected chi connectivity index (χ1v) is 5.88. The zero-order valence-corrected chi connectivity index (χ0v) is 10.6. The Morgan fingerprint density at radius 3 is 2.94 bits per heavy atom. The van der Waals surface area contributed by atoms with Crippen molar-refractivity contribution in [1.29, 1.82) is 0 Å². The smallest absolute Gasteiger partial charge is 0.145 e. The number of aliphatic hydroxyl groups is 1. The Morgan fingerprint density at radius 1 is 1.50 bits per heavy atom. The van der Waals surface area contributed by atoms with Crippen LogP contribution in [-0.2, 0) is 11.3 Å². The molecular formula is C12H18N4O2. The van der Waals surface area contributed by atoms with Crippen LogP contribution >= 0.6 is 0 Å². The minimum atomic E-state index is -0.150. The highest BCUT2D eigenvalue weighted by Gasteiger charge is 2.10. The molecule has 0 aliphatic carbocycles. The number of fused-ring (bicyclic) bond motifs is 1. The molecule has 0 aliphatic heterocycles. The summed E-state index contributed by atoms with van der Waals surface area (Å²) in [6, 6.07) is 1.91. The number of aromatic nitrogens is 3. The first-order valence-electron chi connectivity index (χ1n) is 5.88. The molecule has 0 saturated heterocycles. The predicted octanol–water partition coefficient (Wildman–Crippen LogP) is 0.719. The molecule has 2 heterocycles. The van der Waals surface area contributed by atoms with E-state index in [0.717, 1.165) is 24.0 Å². The fourth-order valence-electron chi connectivity index (χ4n) is 1.95. The summed E-state index contributed by atoms with van der Waals surface area (Å²) in [6.07, 6.45) is 2.50. The van der Waals surface area contributed by atoms with Gasteiger partial charge in [-0.05, 0) is 19.4 Å². The van der Waals surface area contributed by atoms with E-state index in [1.165, 1.54) is 0 Å². The van der Waals surface area contributed by atoms with Crippen molar-refractivity contribution in [2.75, 3.05) is 19.5 Å². The second-order valence-electron chi connectivity index (χ2n) is 4.23.